The number of hydrogen-bond acceptors (Lipinski definition) is 6. The number of aliphatic hydroxyl groups is 1. The van der Waals surface area contributed by atoms with Gasteiger partial charge in [0.15, 0.2) is 6.10 Å². The van der Waals surface area contributed by atoms with Crippen molar-refractivity contribution in [3.63, 3.8) is 0 Å². The third-order valence-electron chi connectivity index (χ3n) is 2.99. The molecule has 0 spiro atoms. The molecule has 1 aromatic heterocycles. The summed E-state index contributed by atoms with van der Waals surface area (Å²) in [6, 6.07) is 6.95. The first kappa shape index (κ1) is 16.1. The zero-order chi connectivity index (χ0) is 16.1. The van der Waals surface area contributed by atoms with E-state index in [2.05, 4.69) is 15.0 Å². The van der Waals surface area contributed by atoms with Crippen molar-refractivity contribution < 1.29 is 19.4 Å². The van der Waals surface area contributed by atoms with Crippen LogP contribution in [0.15, 0.2) is 29.6 Å². The number of aromatic nitrogens is 1. The lowest BCUT2D eigenvalue weighted by Gasteiger charge is -2.10. The molecule has 6 nitrogen and oxygen atoms in total. The van der Waals surface area contributed by atoms with Gasteiger partial charge in [0.2, 0.25) is 0 Å². The first-order chi connectivity index (χ1) is 10.5. The lowest BCUT2D eigenvalue weighted by atomic mass is 10.1. The van der Waals surface area contributed by atoms with Crippen LogP contribution in [0, 0.1) is 6.92 Å². The van der Waals surface area contributed by atoms with Gasteiger partial charge in [-0.2, -0.15) is 0 Å². The summed E-state index contributed by atoms with van der Waals surface area (Å²) in [6.07, 6.45) is -1.37. The molecule has 0 aliphatic heterocycles. The number of thiazole rings is 1. The Morgan fingerprint density at radius 1 is 1.36 bits per heavy atom. The van der Waals surface area contributed by atoms with Crippen LogP contribution < -0.4 is 5.32 Å². The van der Waals surface area contributed by atoms with Gasteiger partial charge in [-0.15, -0.1) is 11.3 Å². The largest absolute Gasteiger partial charge is 0.467 e. The molecule has 1 atom stereocenters. The molecule has 0 saturated heterocycles. The van der Waals surface area contributed by atoms with Gasteiger partial charge >= 0.3 is 5.97 Å². The zero-order valence-corrected chi connectivity index (χ0v) is 13.0. The molecular weight excluding hydrogens is 304 g/mol. The van der Waals surface area contributed by atoms with Crippen LogP contribution in [0.4, 0.5) is 0 Å². The van der Waals surface area contributed by atoms with Gasteiger partial charge in [-0.05, 0) is 19.1 Å². The molecule has 2 rings (SSSR count). The van der Waals surface area contributed by atoms with Crippen molar-refractivity contribution in [1.29, 1.82) is 0 Å². The third-order valence-corrected chi connectivity index (χ3v) is 3.76. The second-order valence-corrected chi connectivity index (χ2v) is 5.64. The highest BCUT2D eigenvalue weighted by atomic mass is 32.1. The molecule has 0 fully saturated rings. The van der Waals surface area contributed by atoms with Crippen LogP contribution in [0.3, 0.4) is 0 Å². The molecule has 0 radical (unpaired) electrons. The average molecular weight is 320 g/mol. The number of hydrogen-bond donors (Lipinski definition) is 2. The highest BCUT2D eigenvalue weighted by Gasteiger charge is 2.16. The SMILES string of the molecule is COC(=O)[C@H](O)CNC(=O)c1ccc(-c2csc(C)n2)cc1. The number of aryl methyl sites for hydroxylation is 1. The van der Waals surface area contributed by atoms with E-state index >= 15 is 0 Å². The molecular formula is C15H16N2O4S. The third kappa shape index (κ3) is 3.90. The van der Waals surface area contributed by atoms with Crippen LogP contribution in [0.2, 0.25) is 0 Å². The number of ether oxygens (including phenoxy) is 1. The maximum absolute atomic E-state index is 11.9. The second-order valence-electron chi connectivity index (χ2n) is 4.58. The van der Waals surface area contributed by atoms with Gasteiger partial charge in [0.1, 0.15) is 0 Å². The standard InChI is InChI=1S/C15H16N2O4S/c1-9-17-12(8-22-9)10-3-5-11(6-4-10)14(19)16-7-13(18)15(20)21-2/h3-6,8,13,18H,7H2,1-2H3,(H,16,19)/t13-/m1/s1. The first-order valence-corrected chi connectivity index (χ1v) is 7.46. The molecule has 116 valence electrons. The highest BCUT2D eigenvalue weighted by molar-refractivity contribution is 7.09. The second kappa shape index (κ2) is 7.15. The van der Waals surface area contributed by atoms with E-state index in [-0.39, 0.29) is 12.5 Å². The van der Waals surface area contributed by atoms with Gasteiger partial charge in [-0.3, -0.25) is 4.79 Å². The van der Waals surface area contributed by atoms with Crippen molar-refractivity contribution in [3.8, 4) is 11.3 Å². The van der Waals surface area contributed by atoms with Gasteiger partial charge in [0, 0.05) is 16.5 Å². The van der Waals surface area contributed by atoms with Gasteiger partial charge in [0.05, 0.1) is 24.4 Å². The maximum Gasteiger partial charge on any atom is 0.336 e. The normalized spacial score (nSPS) is 11.8. The molecule has 1 aromatic carbocycles. The van der Waals surface area contributed by atoms with E-state index in [1.807, 2.05) is 12.3 Å². The summed E-state index contributed by atoms with van der Waals surface area (Å²) in [6.45, 7) is 1.74. The predicted molar refractivity (Wildman–Crippen MR) is 82.6 cm³/mol. The molecule has 0 aliphatic rings. The molecule has 2 N–H and O–H groups in total. The summed E-state index contributed by atoms with van der Waals surface area (Å²) in [7, 11) is 1.17. The van der Waals surface area contributed by atoms with Crippen molar-refractivity contribution in [1.82, 2.24) is 10.3 Å². The summed E-state index contributed by atoms with van der Waals surface area (Å²) < 4.78 is 4.37. The Bertz CT molecular complexity index is 666. The lowest BCUT2D eigenvalue weighted by molar-refractivity contribution is -0.149. The molecule has 0 saturated carbocycles. The van der Waals surface area contributed by atoms with Gasteiger partial charge in [-0.1, -0.05) is 12.1 Å². The van der Waals surface area contributed by atoms with Gasteiger partial charge in [0.25, 0.3) is 5.91 Å². The number of nitrogens with zero attached hydrogens (tertiary/aromatic N) is 1. The molecule has 2 aromatic rings. The number of amides is 1. The van der Waals surface area contributed by atoms with E-state index < -0.39 is 12.1 Å². The van der Waals surface area contributed by atoms with E-state index in [0.717, 1.165) is 16.3 Å². The Kier molecular flexibility index (Phi) is 5.24. The number of benzene rings is 1. The first-order valence-electron chi connectivity index (χ1n) is 6.58. The molecule has 7 heteroatoms. The van der Waals surface area contributed by atoms with Crippen LogP contribution >= 0.6 is 11.3 Å². The maximum atomic E-state index is 11.9. The Labute approximate surface area is 131 Å². The summed E-state index contributed by atoms with van der Waals surface area (Å²) in [5, 5.41) is 14.8. The molecule has 1 amide bonds. The predicted octanol–water partition coefficient (Wildman–Crippen LogP) is 1.38. The summed E-state index contributed by atoms with van der Waals surface area (Å²) >= 11 is 1.56. The van der Waals surface area contributed by atoms with E-state index in [4.69, 9.17) is 0 Å². The minimum atomic E-state index is -1.37. The molecule has 0 unspecified atom stereocenters. The minimum absolute atomic E-state index is 0.196. The van der Waals surface area contributed by atoms with Crippen LogP contribution in [0.1, 0.15) is 15.4 Å². The van der Waals surface area contributed by atoms with E-state index in [0.29, 0.717) is 5.56 Å². The number of carbonyl (C=O) groups excluding carboxylic acids is 2. The fourth-order valence-electron chi connectivity index (χ4n) is 1.80. The van der Waals surface area contributed by atoms with Crippen LogP contribution in [-0.2, 0) is 9.53 Å². The molecule has 22 heavy (non-hydrogen) atoms. The highest BCUT2D eigenvalue weighted by Crippen LogP contribution is 2.21. The van der Waals surface area contributed by atoms with Crippen molar-refractivity contribution in [3.05, 3.63) is 40.2 Å². The molecule has 1 heterocycles. The quantitative estimate of drug-likeness (QED) is 0.813. The van der Waals surface area contributed by atoms with Crippen molar-refractivity contribution in [2.45, 2.75) is 13.0 Å². The Hall–Kier alpha value is -2.25. The van der Waals surface area contributed by atoms with Crippen LogP contribution in [0.5, 0.6) is 0 Å². The van der Waals surface area contributed by atoms with Gasteiger partial charge in [-0.25, -0.2) is 9.78 Å². The van der Waals surface area contributed by atoms with Crippen LogP contribution in [0.25, 0.3) is 11.3 Å². The Morgan fingerprint density at radius 3 is 2.59 bits per heavy atom. The lowest BCUT2D eigenvalue weighted by Crippen LogP contribution is -2.37. The number of carbonyl (C=O) groups is 2. The summed E-state index contributed by atoms with van der Waals surface area (Å²) in [5.41, 5.74) is 2.24. The number of rotatable bonds is 5. The minimum Gasteiger partial charge on any atom is -0.467 e. The summed E-state index contributed by atoms with van der Waals surface area (Å²) in [5.74, 6) is -1.15. The fraction of sp³-hybridized carbons (Fsp3) is 0.267. The van der Waals surface area contributed by atoms with Crippen molar-refractivity contribution in [2.24, 2.45) is 0 Å². The monoisotopic (exact) mass is 320 g/mol. The number of esters is 1. The van der Waals surface area contributed by atoms with Crippen LogP contribution in [-0.4, -0.2) is 41.7 Å². The number of aliphatic hydroxyl groups excluding tert-OH is 1. The number of methoxy groups -OCH3 is 1. The summed E-state index contributed by atoms with van der Waals surface area (Å²) in [4.78, 5) is 27.3. The topological polar surface area (TPSA) is 88.5 Å². The van der Waals surface area contributed by atoms with Gasteiger partial charge < -0.3 is 15.2 Å². The van der Waals surface area contributed by atoms with E-state index in [1.54, 1.807) is 35.6 Å². The van der Waals surface area contributed by atoms with E-state index in [9.17, 15) is 14.7 Å². The van der Waals surface area contributed by atoms with E-state index in [1.165, 1.54) is 7.11 Å². The molecule has 0 aliphatic carbocycles. The fourth-order valence-corrected chi connectivity index (χ4v) is 2.42. The Morgan fingerprint density at radius 2 is 2.05 bits per heavy atom. The number of nitrogens with one attached hydrogen (secondary N) is 1. The molecule has 0 bridgehead atoms. The Balaban J connectivity index is 1.98. The van der Waals surface area contributed by atoms with Crippen molar-refractivity contribution in [2.75, 3.05) is 13.7 Å². The average Bonchev–Trinajstić information content (AvgIpc) is 2.98. The smallest absolute Gasteiger partial charge is 0.336 e. The van der Waals surface area contributed by atoms with Crippen molar-refractivity contribution >= 4 is 23.2 Å². The zero-order valence-electron chi connectivity index (χ0n) is 12.2.